The highest BCUT2D eigenvalue weighted by atomic mass is 32.2. The summed E-state index contributed by atoms with van der Waals surface area (Å²) in [5.41, 5.74) is 4.36. The van der Waals surface area contributed by atoms with Gasteiger partial charge in [0.2, 0.25) is 5.91 Å². The minimum atomic E-state index is 0.0497. The molecule has 150 valence electrons. The van der Waals surface area contributed by atoms with E-state index >= 15 is 0 Å². The van der Waals surface area contributed by atoms with Crippen LogP contribution in [0.2, 0.25) is 0 Å². The van der Waals surface area contributed by atoms with E-state index in [0.717, 1.165) is 42.0 Å². The number of amides is 1. The molecule has 29 heavy (non-hydrogen) atoms. The first-order valence-electron chi connectivity index (χ1n) is 9.64. The van der Waals surface area contributed by atoms with Crippen LogP contribution in [0, 0.1) is 13.8 Å². The Balaban J connectivity index is 1.34. The van der Waals surface area contributed by atoms with Crippen molar-refractivity contribution in [1.29, 1.82) is 0 Å². The molecule has 0 saturated heterocycles. The van der Waals surface area contributed by atoms with Gasteiger partial charge in [-0.05, 0) is 49.4 Å². The second kappa shape index (κ2) is 8.69. The molecule has 1 amide bonds. The van der Waals surface area contributed by atoms with E-state index in [4.69, 9.17) is 9.15 Å². The number of carbonyl (C=O) groups is 1. The number of hydrogen-bond acceptors (Lipinski definition) is 6. The Morgan fingerprint density at radius 3 is 2.76 bits per heavy atom. The van der Waals surface area contributed by atoms with Gasteiger partial charge in [0.25, 0.3) is 11.1 Å². The van der Waals surface area contributed by atoms with Gasteiger partial charge in [-0.1, -0.05) is 48.2 Å². The highest BCUT2D eigenvalue weighted by molar-refractivity contribution is 7.99. The van der Waals surface area contributed by atoms with Gasteiger partial charge in [-0.15, -0.1) is 10.2 Å². The molecule has 0 saturated carbocycles. The summed E-state index contributed by atoms with van der Waals surface area (Å²) >= 11 is 1.26. The molecule has 0 atom stereocenters. The lowest BCUT2D eigenvalue weighted by Crippen LogP contribution is -2.36. The van der Waals surface area contributed by atoms with E-state index in [9.17, 15) is 4.79 Å². The Hall–Kier alpha value is -2.80. The molecule has 0 unspecified atom stereocenters. The number of thioether (sulfide) groups is 1. The van der Waals surface area contributed by atoms with Crippen molar-refractivity contribution < 1.29 is 13.9 Å². The van der Waals surface area contributed by atoms with Crippen LogP contribution in [-0.2, 0) is 17.8 Å². The molecule has 1 aromatic heterocycles. The van der Waals surface area contributed by atoms with Crippen LogP contribution in [0.5, 0.6) is 5.75 Å². The van der Waals surface area contributed by atoms with E-state index in [-0.39, 0.29) is 18.3 Å². The van der Waals surface area contributed by atoms with E-state index in [2.05, 4.69) is 16.3 Å². The van der Waals surface area contributed by atoms with Crippen LogP contribution in [0.3, 0.4) is 0 Å². The summed E-state index contributed by atoms with van der Waals surface area (Å²) in [4.78, 5) is 14.6. The van der Waals surface area contributed by atoms with Crippen LogP contribution in [0.4, 0.5) is 5.69 Å². The Bertz CT molecular complexity index is 998. The minimum absolute atomic E-state index is 0.0497. The number of para-hydroxylation sites is 2. The number of fused-ring (bicyclic) bond motifs is 1. The van der Waals surface area contributed by atoms with E-state index in [1.807, 2.05) is 55.1 Å². The van der Waals surface area contributed by atoms with Gasteiger partial charge < -0.3 is 14.1 Å². The zero-order chi connectivity index (χ0) is 20.2. The molecule has 7 heteroatoms. The fraction of sp³-hybridized carbons (Fsp3) is 0.318. The highest BCUT2D eigenvalue weighted by Gasteiger charge is 2.22. The van der Waals surface area contributed by atoms with Gasteiger partial charge in [0.15, 0.2) is 6.61 Å². The third-order valence-corrected chi connectivity index (χ3v) is 5.73. The average molecular weight is 410 g/mol. The van der Waals surface area contributed by atoms with E-state index in [1.54, 1.807) is 0 Å². The smallest absolute Gasteiger partial charge is 0.277 e. The molecule has 6 nitrogen and oxygen atoms in total. The Labute approximate surface area is 174 Å². The predicted molar refractivity (Wildman–Crippen MR) is 112 cm³/mol. The summed E-state index contributed by atoms with van der Waals surface area (Å²) in [6.07, 6.45) is 1.99. The zero-order valence-electron chi connectivity index (χ0n) is 16.6. The third kappa shape index (κ3) is 4.45. The van der Waals surface area contributed by atoms with Crippen LogP contribution < -0.4 is 9.64 Å². The SMILES string of the molecule is Cc1cccc(C)c1OCc1nnc(SCC(=O)N2CCCc3ccccc32)o1. The lowest BCUT2D eigenvalue weighted by Gasteiger charge is -2.29. The summed E-state index contributed by atoms with van der Waals surface area (Å²) in [5.74, 6) is 1.53. The van der Waals surface area contributed by atoms with Crippen molar-refractivity contribution in [2.75, 3.05) is 17.2 Å². The molecule has 0 aliphatic carbocycles. The minimum Gasteiger partial charge on any atom is -0.483 e. The van der Waals surface area contributed by atoms with Crippen molar-refractivity contribution in [3.05, 3.63) is 65.0 Å². The first-order valence-corrected chi connectivity index (χ1v) is 10.6. The van der Waals surface area contributed by atoms with Crippen LogP contribution in [0.1, 0.15) is 29.0 Å². The molecule has 4 rings (SSSR count). The van der Waals surface area contributed by atoms with Crippen molar-refractivity contribution in [2.24, 2.45) is 0 Å². The molecule has 0 spiro atoms. The molecule has 0 bridgehead atoms. The second-order valence-electron chi connectivity index (χ2n) is 7.04. The molecule has 3 aromatic rings. The molecule has 1 aliphatic rings. The maximum absolute atomic E-state index is 12.7. The fourth-order valence-electron chi connectivity index (χ4n) is 3.51. The topological polar surface area (TPSA) is 68.5 Å². The van der Waals surface area contributed by atoms with Crippen molar-refractivity contribution in [3.8, 4) is 5.75 Å². The summed E-state index contributed by atoms with van der Waals surface area (Å²) < 4.78 is 11.5. The molecular weight excluding hydrogens is 386 g/mol. The summed E-state index contributed by atoms with van der Waals surface area (Å²) in [6.45, 7) is 4.95. The number of aromatic nitrogens is 2. The fourth-order valence-corrected chi connectivity index (χ4v) is 4.17. The second-order valence-corrected chi connectivity index (χ2v) is 7.96. The van der Waals surface area contributed by atoms with Crippen molar-refractivity contribution in [2.45, 2.75) is 38.5 Å². The third-order valence-electron chi connectivity index (χ3n) is 4.93. The highest BCUT2D eigenvalue weighted by Crippen LogP contribution is 2.28. The van der Waals surface area contributed by atoms with Gasteiger partial charge in [0.05, 0.1) is 5.75 Å². The number of carbonyl (C=O) groups excluding carboxylic acids is 1. The molecule has 0 radical (unpaired) electrons. The molecule has 0 N–H and O–H groups in total. The van der Waals surface area contributed by atoms with Gasteiger partial charge in [-0.25, -0.2) is 0 Å². The van der Waals surface area contributed by atoms with Gasteiger partial charge in [-0.2, -0.15) is 0 Å². The first-order chi connectivity index (χ1) is 14.1. The van der Waals surface area contributed by atoms with Crippen molar-refractivity contribution in [3.63, 3.8) is 0 Å². The van der Waals surface area contributed by atoms with Crippen LogP contribution >= 0.6 is 11.8 Å². The molecule has 0 fully saturated rings. The van der Waals surface area contributed by atoms with Gasteiger partial charge in [0.1, 0.15) is 5.75 Å². The van der Waals surface area contributed by atoms with Crippen LogP contribution in [0.15, 0.2) is 52.1 Å². The van der Waals surface area contributed by atoms with Crippen LogP contribution in [-0.4, -0.2) is 28.4 Å². The Kier molecular flexibility index (Phi) is 5.85. The van der Waals surface area contributed by atoms with Crippen molar-refractivity contribution in [1.82, 2.24) is 10.2 Å². The molecular formula is C22H23N3O3S. The largest absolute Gasteiger partial charge is 0.483 e. The number of anilines is 1. The molecule has 2 aromatic carbocycles. The summed E-state index contributed by atoms with van der Waals surface area (Å²) in [7, 11) is 0. The quantitative estimate of drug-likeness (QED) is 0.564. The monoisotopic (exact) mass is 409 g/mol. The first kappa shape index (κ1) is 19.5. The average Bonchev–Trinajstić information content (AvgIpc) is 3.19. The summed E-state index contributed by atoms with van der Waals surface area (Å²) in [6, 6.07) is 14.1. The normalized spacial score (nSPS) is 13.2. The lowest BCUT2D eigenvalue weighted by molar-refractivity contribution is -0.116. The number of hydrogen-bond donors (Lipinski definition) is 0. The van der Waals surface area contributed by atoms with Gasteiger partial charge in [-0.3, -0.25) is 4.79 Å². The Morgan fingerprint density at radius 1 is 1.14 bits per heavy atom. The number of ether oxygens (including phenoxy) is 1. The molecule has 2 heterocycles. The maximum atomic E-state index is 12.7. The maximum Gasteiger partial charge on any atom is 0.277 e. The Morgan fingerprint density at radius 2 is 1.93 bits per heavy atom. The van der Waals surface area contributed by atoms with E-state index < -0.39 is 0 Å². The number of rotatable bonds is 6. The van der Waals surface area contributed by atoms with Crippen molar-refractivity contribution >= 4 is 23.4 Å². The molecule has 1 aliphatic heterocycles. The van der Waals surface area contributed by atoms with E-state index in [0.29, 0.717) is 11.1 Å². The van der Waals surface area contributed by atoms with E-state index in [1.165, 1.54) is 17.3 Å². The zero-order valence-corrected chi connectivity index (χ0v) is 17.4. The lowest BCUT2D eigenvalue weighted by atomic mass is 10.0. The van der Waals surface area contributed by atoms with Gasteiger partial charge >= 0.3 is 0 Å². The predicted octanol–water partition coefficient (Wildman–Crippen LogP) is 4.34. The van der Waals surface area contributed by atoms with Crippen LogP contribution in [0.25, 0.3) is 0 Å². The standard InChI is InChI=1S/C22H23N3O3S/c1-15-7-5-8-16(2)21(15)27-13-19-23-24-22(28-19)29-14-20(26)25-12-6-10-17-9-3-4-11-18(17)25/h3-5,7-9,11H,6,10,12-14H2,1-2H3. The number of benzene rings is 2. The number of aryl methyl sites for hydroxylation is 3. The number of nitrogens with zero attached hydrogens (tertiary/aromatic N) is 3. The summed E-state index contributed by atoms with van der Waals surface area (Å²) in [5, 5.41) is 8.44. The van der Waals surface area contributed by atoms with Gasteiger partial charge in [0, 0.05) is 12.2 Å².